The first-order valence-electron chi connectivity index (χ1n) is 4.89. The molecule has 0 amide bonds. The highest BCUT2D eigenvalue weighted by atomic mass is 15.0. The van der Waals surface area contributed by atoms with E-state index in [0.717, 1.165) is 6.42 Å². The van der Waals surface area contributed by atoms with Crippen LogP contribution in [0.15, 0.2) is 42.1 Å². The van der Waals surface area contributed by atoms with E-state index in [9.17, 15) is 0 Å². The summed E-state index contributed by atoms with van der Waals surface area (Å²) in [5.41, 5.74) is 4.14. The second-order valence-corrected chi connectivity index (χ2v) is 3.88. The van der Waals surface area contributed by atoms with Crippen molar-refractivity contribution >= 4 is 6.08 Å². The lowest BCUT2D eigenvalue weighted by Gasteiger charge is -2.14. The smallest absolute Gasteiger partial charge is 0.00557 e. The van der Waals surface area contributed by atoms with E-state index in [4.69, 9.17) is 0 Å². The van der Waals surface area contributed by atoms with Gasteiger partial charge in [-0.2, -0.15) is 0 Å². The normalized spacial score (nSPS) is 16.9. The molecule has 1 aliphatic carbocycles. The number of hydrogen-bond acceptors (Lipinski definition) is 1. The minimum atomic E-state index is 1.05. The van der Waals surface area contributed by atoms with Gasteiger partial charge in [-0.3, -0.25) is 0 Å². The van der Waals surface area contributed by atoms with Crippen molar-refractivity contribution in [3.63, 3.8) is 0 Å². The van der Waals surface area contributed by atoms with Crippen LogP contribution in [0, 0.1) is 0 Å². The zero-order valence-electron chi connectivity index (χ0n) is 8.70. The van der Waals surface area contributed by atoms with E-state index in [1.165, 1.54) is 16.7 Å². The lowest BCUT2D eigenvalue weighted by Crippen LogP contribution is -2.05. The molecule has 72 valence electrons. The first kappa shape index (κ1) is 9.07. The summed E-state index contributed by atoms with van der Waals surface area (Å²) in [6.45, 7) is 0. The molecule has 0 aromatic heterocycles. The molecule has 1 nitrogen and oxygen atoms in total. The summed E-state index contributed by atoms with van der Waals surface area (Å²) in [4.78, 5) is 2.09. The van der Waals surface area contributed by atoms with Crippen molar-refractivity contribution in [2.45, 2.75) is 6.42 Å². The summed E-state index contributed by atoms with van der Waals surface area (Å²) in [7, 11) is 4.11. The van der Waals surface area contributed by atoms with Crippen LogP contribution in [-0.4, -0.2) is 19.0 Å². The Kier molecular flexibility index (Phi) is 2.40. The summed E-state index contributed by atoms with van der Waals surface area (Å²) in [5.74, 6) is 0. The van der Waals surface area contributed by atoms with Gasteiger partial charge in [-0.05, 0) is 23.1 Å². The van der Waals surface area contributed by atoms with Gasteiger partial charge in [0.1, 0.15) is 0 Å². The quantitative estimate of drug-likeness (QED) is 0.650. The van der Waals surface area contributed by atoms with E-state index >= 15 is 0 Å². The molecule has 0 spiro atoms. The number of benzene rings is 1. The Balaban J connectivity index is 2.30. The maximum absolute atomic E-state index is 2.20. The predicted octanol–water partition coefficient (Wildman–Crippen LogP) is 2.70. The average molecular weight is 185 g/mol. The highest BCUT2D eigenvalue weighted by molar-refractivity contribution is 5.61. The van der Waals surface area contributed by atoms with Crippen molar-refractivity contribution in [2.24, 2.45) is 0 Å². The number of allylic oxidation sites excluding steroid dienone is 2. The summed E-state index contributed by atoms with van der Waals surface area (Å²) in [5, 5.41) is 0. The minimum Gasteiger partial charge on any atom is -0.383 e. The molecule has 0 bridgehead atoms. The van der Waals surface area contributed by atoms with Crippen LogP contribution >= 0.6 is 0 Å². The van der Waals surface area contributed by atoms with Crippen LogP contribution in [0.25, 0.3) is 6.08 Å². The summed E-state index contributed by atoms with van der Waals surface area (Å²) >= 11 is 0. The molecule has 1 aromatic rings. The van der Waals surface area contributed by atoms with Crippen molar-refractivity contribution in [1.82, 2.24) is 4.90 Å². The average Bonchev–Trinajstić information content (AvgIpc) is 2.17. The predicted molar refractivity (Wildman–Crippen MR) is 61.0 cm³/mol. The Hall–Kier alpha value is -1.50. The number of fused-ring (bicyclic) bond motifs is 1. The van der Waals surface area contributed by atoms with Crippen LogP contribution in [0.5, 0.6) is 0 Å². The Morgan fingerprint density at radius 3 is 2.71 bits per heavy atom. The zero-order valence-corrected chi connectivity index (χ0v) is 8.70. The molecule has 0 fully saturated rings. The SMILES string of the molecule is CN(C)C=C1C=Cc2ccccc2C1. The molecule has 1 aliphatic rings. The fourth-order valence-electron chi connectivity index (χ4n) is 1.75. The summed E-state index contributed by atoms with van der Waals surface area (Å²) in [6.07, 6.45) is 7.60. The minimum absolute atomic E-state index is 1.05. The van der Waals surface area contributed by atoms with Crippen LogP contribution in [0.1, 0.15) is 11.1 Å². The first-order valence-corrected chi connectivity index (χ1v) is 4.89. The van der Waals surface area contributed by atoms with Gasteiger partial charge >= 0.3 is 0 Å². The second-order valence-electron chi connectivity index (χ2n) is 3.88. The molecule has 0 N–H and O–H groups in total. The van der Waals surface area contributed by atoms with Crippen molar-refractivity contribution in [2.75, 3.05) is 14.1 Å². The van der Waals surface area contributed by atoms with Gasteiger partial charge in [0.05, 0.1) is 0 Å². The Labute approximate surface area is 85.4 Å². The third-order valence-electron chi connectivity index (χ3n) is 2.35. The monoisotopic (exact) mass is 185 g/mol. The van der Waals surface area contributed by atoms with Gasteiger partial charge < -0.3 is 4.90 Å². The van der Waals surface area contributed by atoms with Crippen LogP contribution in [0.2, 0.25) is 0 Å². The molecule has 0 atom stereocenters. The Bertz CT molecular complexity index is 386. The van der Waals surface area contributed by atoms with Crippen LogP contribution in [0.4, 0.5) is 0 Å². The lowest BCUT2D eigenvalue weighted by molar-refractivity contribution is 0.558. The standard InChI is InChI=1S/C13H15N/c1-14(2)10-11-7-8-12-5-3-4-6-13(12)9-11/h3-8,10H,9H2,1-2H3. The molecule has 0 saturated heterocycles. The highest BCUT2D eigenvalue weighted by Gasteiger charge is 2.06. The van der Waals surface area contributed by atoms with E-state index in [1.807, 2.05) is 0 Å². The van der Waals surface area contributed by atoms with Crippen molar-refractivity contribution in [3.05, 3.63) is 53.2 Å². The Morgan fingerprint density at radius 2 is 1.93 bits per heavy atom. The van der Waals surface area contributed by atoms with Gasteiger partial charge in [-0.15, -0.1) is 0 Å². The fraction of sp³-hybridized carbons (Fsp3) is 0.231. The molecule has 2 rings (SSSR count). The molecule has 0 unspecified atom stereocenters. The molecule has 0 aliphatic heterocycles. The van der Waals surface area contributed by atoms with E-state index in [-0.39, 0.29) is 0 Å². The van der Waals surface area contributed by atoms with Gasteiger partial charge in [0, 0.05) is 20.3 Å². The Morgan fingerprint density at radius 1 is 1.14 bits per heavy atom. The molecule has 1 aromatic carbocycles. The number of rotatable bonds is 1. The zero-order chi connectivity index (χ0) is 9.97. The van der Waals surface area contributed by atoms with Crippen LogP contribution < -0.4 is 0 Å². The summed E-state index contributed by atoms with van der Waals surface area (Å²) < 4.78 is 0. The van der Waals surface area contributed by atoms with E-state index in [0.29, 0.717) is 0 Å². The second kappa shape index (κ2) is 3.70. The lowest BCUT2D eigenvalue weighted by atomic mass is 9.94. The molecule has 0 radical (unpaired) electrons. The van der Waals surface area contributed by atoms with E-state index in [2.05, 4.69) is 61.6 Å². The number of hydrogen-bond donors (Lipinski definition) is 0. The maximum Gasteiger partial charge on any atom is 0.00557 e. The third-order valence-corrected chi connectivity index (χ3v) is 2.35. The molecule has 0 saturated carbocycles. The van der Waals surface area contributed by atoms with E-state index in [1.54, 1.807) is 0 Å². The molecular formula is C13H15N. The third kappa shape index (κ3) is 1.87. The first-order chi connectivity index (χ1) is 6.75. The van der Waals surface area contributed by atoms with Gasteiger partial charge in [0.2, 0.25) is 0 Å². The van der Waals surface area contributed by atoms with Crippen LogP contribution in [0.3, 0.4) is 0 Å². The molecule has 14 heavy (non-hydrogen) atoms. The van der Waals surface area contributed by atoms with Crippen molar-refractivity contribution in [3.8, 4) is 0 Å². The van der Waals surface area contributed by atoms with Gasteiger partial charge in [0.25, 0.3) is 0 Å². The van der Waals surface area contributed by atoms with Crippen LogP contribution in [-0.2, 0) is 6.42 Å². The van der Waals surface area contributed by atoms with Gasteiger partial charge in [-0.25, -0.2) is 0 Å². The molecule has 1 heteroatoms. The fourth-order valence-corrected chi connectivity index (χ4v) is 1.75. The summed E-state index contributed by atoms with van der Waals surface area (Å²) in [6, 6.07) is 8.55. The van der Waals surface area contributed by atoms with Crippen molar-refractivity contribution in [1.29, 1.82) is 0 Å². The van der Waals surface area contributed by atoms with Crippen molar-refractivity contribution < 1.29 is 0 Å². The highest BCUT2D eigenvalue weighted by Crippen LogP contribution is 2.21. The largest absolute Gasteiger partial charge is 0.383 e. The maximum atomic E-state index is 2.20. The topological polar surface area (TPSA) is 3.24 Å². The molecular weight excluding hydrogens is 170 g/mol. The molecule has 0 heterocycles. The van der Waals surface area contributed by atoms with Gasteiger partial charge in [-0.1, -0.05) is 36.4 Å². The van der Waals surface area contributed by atoms with E-state index < -0.39 is 0 Å². The number of nitrogens with zero attached hydrogens (tertiary/aromatic N) is 1. The van der Waals surface area contributed by atoms with Gasteiger partial charge in [0.15, 0.2) is 0 Å².